The lowest BCUT2D eigenvalue weighted by atomic mass is 9.95. The fourth-order valence-electron chi connectivity index (χ4n) is 4.08. The molecule has 1 aromatic heterocycles. The average Bonchev–Trinajstić information content (AvgIpc) is 3.14. The minimum Gasteiger partial charge on any atom is -0.463 e. The number of rotatable bonds is 6. The number of nitrogens with zero attached hydrogens (tertiary/aromatic N) is 3. The van der Waals surface area contributed by atoms with Crippen LogP contribution in [-0.2, 0) is 14.3 Å². The lowest BCUT2D eigenvalue weighted by Gasteiger charge is -2.25. The van der Waals surface area contributed by atoms with E-state index < -0.39 is 18.0 Å². The number of aromatic nitrogens is 1. The standard InChI is InChI=1S/C27H26BrN3O5S/c1-6-35-26(34)23-15(2)29-27-31(24(23)17-7-10-20(11-8-17)30(4)5)25(33)22(37-27)14-18-13-19(28)9-12-21(18)36-16(3)32/h7-14,24H,6H2,1-5H3/b22-14-/t24-/m0/s1. The number of hydrogen-bond donors (Lipinski definition) is 0. The molecule has 10 heteroatoms. The molecule has 0 saturated heterocycles. The quantitative estimate of drug-likeness (QED) is 0.325. The first-order chi connectivity index (χ1) is 17.6. The summed E-state index contributed by atoms with van der Waals surface area (Å²) in [5.41, 5.74) is 2.81. The van der Waals surface area contributed by atoms with Crippen LogP contribution in [0.25, 0.3) is 6.08 Å². The molecule has 0 fully saturated rings. The summed E-state index contributed by atoms with van der Waals surface area (Å²) in [6, 6.07) is 12.2. The van der Waals surface area contributed by atoms with Crippen LogP contribution in [-0.4, -0.2) is 37.2 Å². The third-order valence-electron chi connectivity index (χ3n) is 5.75. The van der Waals surface area contributed by atoms with Crippen molar-refractivity contribution in [3.8, 4) is 5.75 Å². The van der Waals surface area contributed by atoms with E-state index in [4.69, 9.17) is 9.47 Å². The zero-order valence-electron chi connectivity index (χ0n) is 21.1. The maximum absolute atomic E-state index is 13.8. The highest BCUT2D eigenvalue weighted by atomic mass is 79.9. The van der Waals surface area contributed by atoms with E-state index in [0.717, 1.165) is 15.7 Å². The number of benzene rings is 2. The van der Waals surface area contributed by atoms with E-state index >= 15 is 0 Å². The first kappa shape index (κ1) is 26.6. The van der Waals surface area contributed by atoms with Gasteiger partial charge < -0.3 is 14.4 Å². The van der Waals surface area contributed by atoms with Crippen molar-refractivity contribution in [1.82, 2.24) is 4.57 Å². The first-order valence-electron chi connectivity index (χ1n) is 11.6. The molecule has 0 saturated carbocycles. The van der Waals surface area contributed by atoms with Gasteiger partial charge >= 0.3 is 11.9 Å². The Bertz CT molecular complexity index is 1590. The number of carbonyl (C=O) groups is 2. The SMILES string of the molecule is CCOC(=O)C1=C(C)N=c2s/c(=C\c3cc(Br)ccc3OC(C)=O)c(=O)n2[C@H]1c1ccc(N(C)C)cc1. The van der Waals surface area contributed by atoms with Gasteiger partial charge in [-0.15, -0.1) is 0 Å². The van der Waals surface area contributed by atoms with Crippen LogP contribution in [0, 0.1) is 0 Å². The van der Waals surface area contributed by atoms with Gasteiger partial charge in [-0.25, -0.2) is 9.79 Å². The third kappa shape index (κ3) is 5.45. The van der Waals surface area contributed by atoms with E-state index in [1.54, 1.807) is 38.1 Å². The largest absolute Gasteiger partial charge is 0.463 e. The maximum atomic E-state index is 13.8. The molecular weight excluding hydrogens is 558 g/mol. The number of ether oxygens (including phenoxy) is 2. The highest BCUT2D eigenvalue weighted by Crippen LogP contribution is 2.32. The summed E-state index contributed by atoms with van der Waals surface area (Å²) in [7, 11) is 3.89. The average molecular weight is 584 g/mol. The van der Waals surface area contributed by atoms with Crippen LogP contribution in [0.1, 0.15) is 37.9 Å². The lowest BCUT2D eigenvalue weighted by Crippen LogP contribution is -2.40. The number of thiazole rings is 1. The molecule has 0 spiro atoms. The Labute approximate surface area is 226 Å². The van der Waals surface area contributed by atoms with Crippen molar-refractivity contribution in [2.45, 2.75) is 26.8 Å². The molecule has 4 rings (SSSR count). The molecule has 0 radical (unpaired) electrons. The molecule has 8 nitrogen and oxygen atoms in total. The number of carbonyl (C=O) groups excluding carboxylic acids is 2. The Hall–Kier alpha value is -3.50. The molecule has 2 aromatic carbocycles. The van der Waals surface area contributed by atoms with E-state index in [-0.39, 0.29) is 12.2 Å². The van der Waals surface area contributed by atoms with Gasteiger partial charge in [-0.2, -0.15) is 0 Å². The summed E-state index contributed by atoms with van der Waals surface area (Å²) in [5, 5.41) is 0. The van der Waals surface area contributed by atoms with Crippen LogP contribution in [0.2, 0.25) is 0 Å². The molecular formula is C27H26BrN3O5S. The Balaban J connectivity index is 1.94. The second kappa shape index (κ2) is 10.9. The Kier molecular flexibility index (Phi) is 7.79. The van der Waals surface area contributed by atoms with E-state index in [1.807, 2.05) is 43.3 Å². The predicted octanol–water partition coefficient (Wildman–Crippen LogP) is 3.55. The molecule has 37 heavy (non-hydrogen) atoms. The zero-order chi connectivity index (χ0) is 26.9. The van der Waals surface area contributed by atoms with E-state index in [2.05, 4.69) is 20.9 Å². The molecule has 0 amide bonds. The maximum Gasteiger partial charge on any atom is 0.338 e. The Morgan fingerprint density at radius 3 is 2.51 bits per heavy atom. The second-order valence-electron chi connectivity index (χ2n) is 8.56. The van der Waals surface area contributed by atoms with Crippen LogP contribution in [0.15, 0.2) is 68.0 Å². The molecule has 192 valence electrons. The summed E-state index contributed by atoms with van der Waals surface area (Å²) in [5.74, 6) is -0.640. The number of fused-ring (bicyclic) bond motifs is 1. The van der Waals surface area contributed by atoms with Gasteiger partial charge in [0.25, 0.3) is 5.56 Å². The molecule has 0 bridgehead atoms. The Morgan fingerprint density at radius 1 is 1.19 bits per heavy atom. The fraction of sp³-hybridized carbons (Fsp3) is 0.259. The van der Waals surface area contributed by atoms with E-state index in [1.165, 1.54) is 22.8 Å². The smallest absolute Gasteiger partial charge is 0.338 e. The third-order valence-corrected chi connectivity index (χ3v) is 7.23. The fourth-order valence-corrected chi connectivity index (χ4v) is 5.50. The number of esters is 2. The molecule has 0 unspecified atom stereocenters. The topological polar surface area (TPSA) is 90.2 Å². The van der Waals surface area contributed by atoms with Crippen molar-refractivity contribution >= 4 is 51.0 Å². The van der Waals surface area contributed by atoms with Crippen molar-refractivity contribution < 1.29 is 19.1 Å². The molecule has 1 aliphatic rings. The predicted molar refractivity (Wildman–Crippen MR) is 147 cm³/mol. The molecule has 3 aromatic rings. The Morgan fingerprint density at radius 2 is 1.89 bits per heavy atom. The van der Waals surface area contributed by atoms with Gasteiger partial charge in [0.05, 0.1) is 28.5 Å². The van der Waals surface area contributed by atoms with Gasteiger partial charge in [-0.3, -0.25) is 14.2 Å². The minimum atomic E-state index is -0.705. The van der Waals surface area contributed by atoms with Crippen molar-refractivity contribution in [3.05, 3.63) is 89.0 Å². The summed E-state index contributed by atoms with van der Waals surface area (Å²) in [6.45, 7) is 5.01. The number of allylic oxidation sites excluding steroid dienone is 1. The lowest BCUT2D eigenvalue weighted by molar-refractivity contribution is -0.139. The minimum absolute atomic E-state index is 0.203. The number of anilines is 1. The number of halogens is 1. The molecule has 1 atom stereocenters. The normalized spacial score (nSPS) is 15.2. The molecule has 2 heterocycles. The highest BCUT2D eigenvalue weighted by molar-refractivity contribution is 9.10. The highest BCUT2D eigenvalue weighted by Gasteiger charge is 2.33. The van der Waals surface area contributed by atoms with Crippen molar-refractivity contribution in [3.63, 3.8) is 0 Å². The molecule has 0 aliphatic carbocycles. The summed E-state index contributed by atoms with van der Waals surface area (Å²) in [4.78, 5) is 45.5. The summed E-state index contributed by atoms with van der Waals surface area (Å²) in [6.07, 6.45) is 1.67. The first-order valence-corrected chi connectivity index (χ1v) is 13.2. The van der Waals surface area contributed by atoms with Gasteiger partial charge in [0.15, 0.2) is 4.80 Å². The monoisotopic (exact) mass is 583 g/mol. The molecule has 0 N–H and O–H groups in total. The summed E-state index contributed by atoms with van der Waals surface area (Å²) >= 11 is 4.64. The number of hydrogen-bond acceptors (Lipinski definition) is 8. The van der Waals surface area contributed by atoms with Crippen LogP contribution in [0.4, 0.5) is 5.69 Å². The van der Waals surface area contributed by atoms with Gasteiger partial charge in [-0.05, 0) is 55.8 Å². The van der Waals surface area contributed by atoms with Crippen LogP contribution < -0.4 is 24.5 Å². The van der Waals surface area contributed by atoms with Crippen LogP contribution in [0.3, 0.4) is 0 Å². The van der Waals surface area contributed by atoms with E-state index in [0.29, 0.717) is 31.9 Å². The van der Waals surface area contributed by atoms with Crippen LogP contribution >= 0.6 is 27.3 Å². The summed E-state index contributed by atoms with van der Waals surface area (Å²) < 4.78 is 13.4. The van der Waals surface area contributed by atoms with E-state index in [9.17, 15) is 14.4 Å². The zero-order valence-corrected chi connectivity index (χ0v) is 23.5. The van der Waals surface area contributed by atoms with Crippen molar-refractivity contribution in [1.29, 1.82) is 0 Å². The van der Waals surface area contributed by atoms with Crippen LogP contribution in [0.5, 0.6) is 5.75 Å². The molecule has 1 aliphatic heterocycles. The van der Waals surface area contributed by atoms with Gasteiger partial charge in [0, 0.05) is 36.7 Å². The van der Waals surface area contributed by atoms with Gasteiger partial charge in [-0.1, -0.05) is 39.4 Å². The van der Waals surface area contributed by atoms with Gasteiger partial charge in [0.1, 0.15) is 5.75 Å². The van der Waals surface area contributed by atoms with Crippen molar-refractivity contribution in [2.24, 2.45) is 4.99 Å². The van der Waals surface area contributed by atoms with Crippen molar-refractivity contribution in [2.75, 3.05) is 25.6 Å². The second-order valence-corrected chi connectivity index (χ2v) is 10.5. The van der Waals surface area contributed by atoms with Gasteiger partial charge in [0.2, 0.25) is 0 Å².